The van der Waals surface area contributed by atoms with Crippen molar-refractivity contribution in [2.75, 3.05) is 38.6 Å². The van der Waals surface area contributed by atoms with E-state index in [1.807, 2.05) is 38.2 Å². The van der Waals surface area contributed by atoms with Gasteiger partial charge in [-0.3, -0.25) is 19.3 Å². The molecular weight excluding hydrogens is 536 g/mol. The fourth-order valence-electron chi connectivity index (χ4n) is 5.74. The van der Waals surface area contributed by atoms with E-state index in [1.165, 1.54) is 11.1 Å². The number of nitrogens with zero attached hydrogens (tertiary/aromatic N) is 3. The minimum absolute atomic E-state index is 0.0787. The topological polar surface area (TPSA) is 144 Å². The first-order chi connectivity index (χ1) is 20.3. The number of hydrogen-bond acceptors (Lipinski definition) is 8. The van der Waals surface area contributed by atoms with Gasteiger partial charge in [-0.1, -0.05) is 25.1 Å². The molecule has 2 aliphatic rings. The second kappa shape index (κ2) is 11.4. The third-order valence-corrected chi connectivity index (χ3v) is 8.08. The molecule has 1 unspecified atom stereocenters. The van der Waals surface area contributed by atoms with Crippen molar-refractivity contribution in [1.82, 2.24) is 24.8 Å². The van der Waals surface area contributed by atoms with Crippen LogP contribution in [0.15, 0.2) is 53.5 Å². The predicted molar refractivity (Wildman–Crippen MR) is 159 cm³/mol. The number of ether oxygens (including phenoxy) is 1. The van der Waals surface area contributed by atoms with Crippen LogP contribution in [0.25, 0.3) is 22.4 Å². The zero-order valence-electron chi connectivity index (χ0n) is 23.6. The second-order valence-corrected chi connectivity index (χ2v) is 10.9. The molecule has 1 atom stereocenters. The molecule has 6 rings (SSSR count). The number of rotatable bonds is 9. The van der Waals surface area contributed by atoms with E-state index in [0.717, 1.165) is 43.7 Å². The van der Waals surface area contributed by atoms with Gasteiger partial charge < -0.3 is 30.0 Å². The van der Waals surface area contributed by atoms with Gasteiger partial charge in [-0.15, -0.1) is 0 Å². The summed E-state index contributed by atoms with van der Waals surface area (Å²) in [5, 5.41) is 13.7. The lowest BCUT2D eigenvalue weighted by Crippen LogP contribution is -2.46. The van der Waals surface area contributed by atoms with Crippen LogP contribution >= 0.6 is 0 Å². The van der Waals surface area contributed by atoms with Crippen molar-refractivity contribution in [3.8, 4) is 17.1 Å². The van der Waals surface area contributed by atoms with Crippen LogP contribution in [0.2, 0.25) is 0 Å². The number of aromatic amines is 2. The van der Waals surface area contributed by atoms with E-state index in [4.69, 9.17) is 4.74 Å². The van der Waals surface area contributed by atoms with E-state index >= 15 is 0 Å². The SMILES string of the molecule is CCc1ccccc1OCC(O)CNc1cc[nH]c(=O)c1-c1nc2cc3c(cc2[nH]1)C(=O)N(C1CCN(C)CC1)C3=O. The Balaban J connectivity index is 1.20. The molecule has 42 heavy (non-hydrogen) atoms. The maximum Gasteiger partial charge on any atom is 0.261 e. The molecule has 2 aliphatic heterocycles. The number of nitrogens with one attached hydrogen (secondary N) is 3. The van der Waals surface area contributed by atoms with Gasteiger partial charge >= 0.3 is 0 Å². The Bertz CT molecular complexity index is 1650. The van der Waals surface area contributed by atoms with Crippen LogP contribution in [0.1, 0.15) is 46.0 Å². The molecule has 0 bridgehead atoms. The summed E-state index contributed by atoms with van der Waals surface area (Å²) in [4.78, 5) is 53.6. The number of imide groups is 1. The summed E-state index contributed by atoms with van der Waals surface area (Å²) < 4.78 is 5.83. The number of aromatic nitrogens is 3. The fourth-order valence-corrected chi connectivity index (χ4v) is 5.74. The Morgan fingerprint density at radius 3 is 2.60 bits per heavy atom. The number of aryl methyl sites for hydroxylation is 1. The fraction of sp³-hybridized carbons (Fsp3) is 0.355. The number of benzene rings is 2. The number of anilines is 1. The zero-order valence-corrected chi connectivity index (χ0v) is 23.6. The summed E-state index contributed by atoms with van der Waals surface area (Å²) in [5.41, 5.74) is 3.10. The van der Waals surface area contributed by atoms with E-state index in [1.54, 1.807) is 18.2 Å². The highest BCUT2D eigenvalue weighted by Gasteiger charge is 2.41. The summed E-state index contributed by atoms with van der Waals surface area (Å²) in [6, 6.07) is 12.5. The van der Waals surface area contributed by atoms with Gasteiger partial charge in [-0.05, 0) is 69.2 Å². The molecule has 2 amide bonds. The molecule has 0 spiro atoms. The van der Waals surface area contributed by atoms with Gasteiger partial charge in [-0.25, -0.2) is 4.98 Å². The van der Waals surface area contributed by atoms with Crippen LogP contribution in [0.5, 0.6) is 5.75 Å². The molecule has 0 radical (unpaired) electrons. The number of H-pyrrole nitrogens is 2. The first kappa shape index (κ1) is 27.7. The highest BCUT2D eigenvalue weighted by atomic mass is 16.5. The average molecular weight is 571 g/mol. The largest absolute Gasteiger partial charge is 0.491 e. The van der Waals surface area contributed by atoms with Crippen LogP contribution in [0.4, 0.5) is 5.69 Å². The number of para-hydroxylation sites is 1. The number of piperidine rings is 1. The van der Waals surface area contributed by atoms with E-state index in [2.05, 4.69) is 25.2 Å². The molecule has 218 valence electrons. The Morgan fingerprint density at radius 2 is 1.83 bits per heavy atom. The summed E-state index contributed by atoms with van der Waals surface area (Å²) in [6.45, 7) is 3.93. The van der Waals surface area contributed by atoms with Crippen molar-refractivity contribution in [2.24, 2.45) is 0 Å². The molecule has 4 heterocycles. The van der Waals surface area contributed by atoms with Gasteiger partial charge in [0.25, 0.3) is 17.4 Å². The Kier molecular flexibility index (Phi) is 7.53. The van der Waals surface area contributed by atoms with Crippen molar-refractivity contribution in [1.29, 1.82) is 0 Å². The number of imidazole rings is 1. The van der Waals surface area contributed by atoms with Crippen molar-refractivity contribution < 1.29 is 19.4 Å². The Labute approximate surface area is 242 Å². The molecule has 11 heteroatoms. The monoisotopic (exact) mass is 570 g/mol. The van der Waals surface area contributed by atoms with Crippen LogP contribution < -0.4 is 15.6 Å². The third kappa shape index (κ3) is 5.17. The van der Waals surface area contributed by atoms with Gasteiger partial charge in [0.2, 0.25) is 0 Å². The number of hydrogen-bond donors (Lipinski definition) is 4. The summed E-state index contributed by atoms with van der Waals surface area (Å²) in [6.07, 6.45) is 2.99. The summed E-state index contributed by atoms with van der Waals surface area (Å²) in [5.74, 6) is 0.429. The quantitative estimate of drug-likeness (QED) is 0.225. The number of pyridine rings is 1. The molecule has 4 N–H and O–H groups in total. The number of likely N-dealkylation sites (tertiary alicyclic amines) is 1. The van der Waals surface area contributed by atoms with E-state index in [0.29, 0.717) is 27.8 Å². The smallest absolute Gasteiger partial charge is 0.261 e. The average Bonchev–Trinajstić information content (AvgIpc) is 3.51. The maximum absolute atomic E-state index is 13.3. The number of aliphatic hydroxyl groups excluding tert-OH is 1. The van der Waals surface area contributed by atoms with Gasteiger partial charge in [0.15, 0.2) is 0 Å². The maximum atomic E-state index is 13.3. The Morgan fingerprint density at radius 1 is 1.10 bits per heavy atom. The van der Waals surface area contributed by atoms with Gasteiger partial charge in [-0.2, -0.15) is 0 Å². The van der Waals surface area contributed by atoms with Crippen LogP contribution in [0.3, 0.4) is 0 Å². The number of carbonyl (C=O) groups is 2. The first-order valence-electron chi connectivity index (χ1n) is 14.3. The number of fused-ring (bicyclic) bond motifs is 2. The third-order valence-electron chi connectivity index (χ3n) is 8.08. The Hall–Kier alpha value is -4.48. The summed E-state index contributed by atoms with van der Waals surface area (Å²) >= 11 is 0. The molecule has 1 saturated heterocycles. The lowest BCUT2D eigenvalue weighted by molar-refractivity contribution is 0.0516. The molecular formula is C31H34N6O5. The molecule has 0 aliphatic carbocycles. The van der Waals surface area contributed by atoms with Crippen molar-refractivity contribution in [2.45, 2.75) is 38.3 Å². The van der Waals surface area contributed by atoms with E-state index < -0.39 is 6.10 Å². The normalized spacial score (nSPS) is 16.7. The highest BCUT2D eigenvalue weighted by Crippen LogP contribution is 2.32. The van der Waals surface area contributed by atoms with Gasteiger partial charge in [0.1, 0.15) is 29.8 Å². The minimum atomic E-state index is -0.842. The summed E-state index contributed by atoms with van der Waals surface area (Å²) in [7, 11) is 2.04. The molecule has 0 saturated carbocycles. The van der Waals surface area contributed by atoms with Gasteiger partial charge in [0.05, 0.1) is 27.8 Å². The molecule has 2 aromatic heterocycles. The lowest BCUT2D eigenvalue weighted by Gasteiger charge is -2.33. The number of carbonyl (C=O) groups excluding carboxylic acids is 2. The van der Waals surface area contributed by atoms with Gasteiger partial charge in [0, 0.05) is 18.8 Å². The molecule has 2 aromatic carbocycles. The van der Waals surface area contributed by atoms with Crippen molar-refractivity contribution in [3.05, 3.63) is 75.7 Å². The van der Waals surface area contributed by atoms with Crippen molar-refractivity contribution in [3.63, 3.8) is 0 Å². The lowest BCUT2D eigenvalue weighted by atomic mass is 10.0. The van der Waals surface area contributed by atoms with Crippen LogP contribution in [-0.2, 0) is 6.42 Å². The number of aliphatic hydroxyl groups is 1. The highest BCUT2D eigenvalue weighted by molar-refractivity contribution is 6.23. The molecule has 1 fully saturated rings. The van der Waals surface area contributed by atoms with E-state index in [9.17, 15) is 19.5 Å². The second-order valence-electron chi connectivity index (χ2n) is 10.9. The minimum Gasteiger partial charge on any atom is -0.491 e. The molecule has 11 nitrogen and oxygen atoms in total. The van der Waals surface area contributed by atoms with Crippen LogP contribution in [-0.4, -0.2) is 87.1 Å². The van der Waals surface area contributed by atoms with E-state index in [-0.39, 0.29) is 48.0 Å². The number of amides is 2. The zero-order chi connectivity index (χ0) is 29.4. The molecule has 4 aromatic rings. The van der Waals surface area contributed by atoms with Crippen LogP contribution in [0, 0.1) is 0 Å². The predicted octanol–water partition coefficient (Wildman–Crippen LogP) is 3.02. The van der Waals surface area contributed by atoms with Crippen molar-refractivity contribution >= 4 is 28.5 Å². The standard InChI is InChI=1S/C31H34N6O5/c1-3-18-6-4-5-7-26(18)42-17-20(38)16-33-23-8-11-32-29(39)27(23)28-34-24-14-21-22(15-25(24)35-28)31(41)37(30(21)40)19-9-12-36(2)13-10-19/h4-8,11,14-15,19-20,38H,3,9-10,12-13,16-17H2,1-2H3,(H,34,35)(H2,32,33,39). The first-order valence-corrected chi connectivity index (χ1v) is 14.3.